The van der Waals surface area contributed by atoms with Gasteiger partial charge in [0.05, 0.1) is 0 Å². The third-order valence-corrected chi connectivity index (χ3v) is 8.73. The van der Waals surface area contributed by atoms with Gasteiger partial charge in [-0.3, -0.25) is 0 Å². The van der Waals surface area contributed by atoms with Crippen LogP contribution in [0.4, 0.5) is 5.69 Å². The summed E-state index contributed by atoms with van der Waals surface area (Å²) in [5, 5.41) is 5.26. The molecule has 256 valence electrons. The zero-order chi connectivity index (χ0) is 32.2. The molecule has 1 heterocycles. The molecule has 0 spiro atoms. The van der Waals surface area contributed by atoms with E-state index in [1.165, 1.54) is 95.2 Å². The number of benzene rings is 5. The molecule has 50 heavy (non-hydrogen) atoms. The minimum atomic E-state index is 0. The van der Waals surface area contributed by atoms with Crippen molar-refractivity contribution in [2.24, 2.45) is 5.92 Å². The molecular formula is C45H45Cl2NSiZr-4. The van der Waals surface area contributed by atoms with Crippen LogP contribution in [0, 0.1) is 33.8 Å². The van der Waals surface area contributed by atoms with Crippen molar-refractivity contribution in [3.05, 3.63) is 183 Å². The first-order valence-corrected chi connectivity index (χ1v) is 20.1. The van der Waals surface area contributed by atoms with Crippen LogP contribution in [0.2, 0.25) is 0 Å². The van der Waals surface area contributed by atoms with Crippen molar-refractivity contribution >= 4 is 58.9 Å². The number of anilines is 1. The van der Waals surface area contributed by atoms with Gasteiger partial charge < -0.3 is 19.8 Å². The second kappa shape index (κ2) is 19.3. The molecule has 0 bridgehead atoms. The van der Waals surface area contributed by atoms with Crippen LogP contribution in [-0.4, -0.2) is 12.9 Å². The summed E-state index contributed by atoms with van der Waals surface area (Å²) in [5.74, 6) is 0.517. The van der Waals surface area contributed by atoms with E-state index in [2.05, 4.69) is 185 Å². The van der Waals surface area contributed by atoms with E-state index in [1.54, 1.807) is 0 Å². The van der Waals surface area contributed by atoms with Crippen LogP contribution in [0.25, 0.3) is 43.8 Å². The van der Waals surface area contributed by atoms with Gasteiger partial charge in [0.1, 0.15) is 0 Å². The van der Waals surface area contributed by atoms with E-state index >= 15 is 0 Å². The topological polar surface area (TPSA) is 3.24 Å². The first-order chi connectivity index (χ1) is 22.5. The van der Waals surface area contributed by atoms with Gasteiger partial charge in [0, 0.05) is 17.1 Å². The van der Waals surface area contributed by atoms with Gasteiger partial charge >= 0.3 is 30.2 Å². The Bertz CT molecular complexity index is 2090. The summed E-state index contributed by atoms with van der Waals surface area (Å²) < 4.78 is 0. The van der Waals surface area contributed by atoms with Gasteiger partial charge in [-0.1, -0.05) is 141 Å². The number of hydrogen-bond donors (Lipinski definition) is 0. The molecule has 5 heteroatoms. The Morgan fingerprint density at radius 1 is 0.720 bits per heavy atom. The number of halogens is 2. The van der Waals surface area contributed by atoms with Crippen LogP contribution in [-0.2, 0) is 23.3 Å². The summed E-state index contributed by atoms with van der Waals surface area (Å²) in [6.45, 7) is 11.9. The van der Waals surface area contributed by atoms with Gasteiger partial charge in [0.2, 0.25) is 0 Å². The fourth-order valence-electron chi connectivity index (χ4n) is 6.55. The summed E-state index contributed by atoms with van der Waals surface area (Å²) in [7, 11) is 0. The number of aryl methyl sites for hydroxylation is 1. The normalized spacial score (nSPS) is 13.8. The van der Waals surface area contributed by atoms with E-state index in [1.807, 2.05) is 0 Å². The first-order valence-electron chi connectivity index (χ1n) is 15.9. The quantitative estimate of drug-likeness (QED) is 0.127. The molecule has 8 rings (SSSR count). The zero-order valence-electron chi connectivity index (χ0n) is 29.7. The number of allylic oxidation sites excluding steroid dienone is 3. The number of nitrogens with zero attached hydrogens (tertiary/aromatic N) is 1. The second-order valence-electron chi connectivity index (χ2n) is 12.2. The van der Waals surface area contributed by atoms with Gasteiger partial charge in [0.15, 0.2) is 0 Å². The van der Waals surface area contributed by atoms with E-state index in [-0.39, 0.29) is 39.7 Å². The Labute approximate surface area is 329 Å². The maximum absolute atomic E-state index is 3.57. The molecule has 0 fully saturated rings. The molecule has 2 aliphatic rings. The molecule has 0 amide bonds. The summed E-state index contributed by atoms with van der Waals surface area (Å²) in [4.78, 5) is 2.44. The van der Waals surface area contributed by atoms with Crippen molar-refractivity contribution in [2.75, 3.05) is 4.90 Å². The number of hydrogen-bond acceptors (Lipinski definition) is 1. The zero-order valence-corrected chi connectivity index (χ0v) is 34.8. The van der Waals surface area contributed by atoms with Crippen LogP contribution in [0.1, 0.15) is 26.3 Å². The van der Waals surface area contributed by atoms with Crippen LogP contribution in [0.15, 0.2) is 156 Å². The molecular weight excluding hydrogens is 745 g/mol. The first kappa shape index (κ1) is 42.8. The molecule has 1 unspecified atom stereocenters. The standard InChI is InChI=1S/C22H17.C21H20N.2CH3.2ClH.Si.Zr/c1-16-12-20-14-19(17-8-4-2-5-9-17)15-22(21(20)13-16)18-10-6-3-7-11-18;1-14(2)17-12-18-11-15(3)22(21(18)13-17)20-10-6-8-16-7-4-5-9-19(16)20;;;;;;/h2-15H,1H3;4-11,13-15H,1-3H3;2*1H3;2*1H;;/q4*-1;;;;. The molecule has 2 radical (unpaired) electrons. The summed E-state index contributed by atoms with van der Waals surface area (Å²) in [5.41, 5.74) is 11.6. The van der Waals surface area contributed by atoms with Crippen molar-refractivity contribution in [2.45, 2.75) is 33.7 Å². The van der Waals surface area contributed by atoms with E-state index in [0.29, 0.717) is 12.0 Å². The maximum atomic E-state index is 3.57. The van der Waals surface area contributed by atoms with Crippen LogP contribution >= 0.6 is 24.8 Å². The van der Waals surface area contributed by atoms with E-state index in [0.717, 1.165) is 0 Å². The Morgan fingerprint density at radius 3 is 1.98 bits per heavy atom. The fraction of sp³-hybridized carbons (Fsp3) is 0.133. The van der Waals surface area contributed by atoms with Crippen molar-refractivity contribution in [1.29, 1.82) is 0 Å². The molecule has 6 aromatic carbocycles. The number of fused-ring (bicyclic) bond motifs is 3. The van der Waals surface area contributed by atoms with Gasteiger partial charge in [-0.25, -0.2) is 0 Å². The van der Waals surface area contributed by atoms with Crippen molar-refractivity contribution < 1.29 is 23.3 Å². The van der Waals surface area contributed by atoms with Crippen molar-refractivity contribution in [3.8, 4) is 22.3 Å². The van der Waals surface area contributed by atoms with Crippen LogP contribution < -0.4 is 4.90 Å². The van der Waals surface area contributed by atoms with Crippen LogP contribution in [0.3, 0.4) is 0 Å². The van der Waals surface area contributed by atoms with Gasteiger partial charge in [-0.05, 0) is 35.4 Å². The van der Waals surface area contributed by atoms with Gasteiger partial charge in [-0.2, -0.15) is 6.07 Å². The molecule has 0 aromatic heterocycles. The summed E-state index contributed by atoms with van der Waals surface area (Å²) in [6.07, 6.45) is 8.20. The third-order valence-electron chi connectivity index (χ3n) is 8.73. The average molecular weight is 790 g/mol. The van der Waals surface area contributed by atoms with Gasteiger partial charge in [0.25, 0.3) is 0 Å². The monoisotopic (exact) mass is 787 g/mol. The molecule has 1 nitrogen and oxygen atoms in total. The summed E-state index contributed by atoms with van der Waals surface area (Å²) >= 11 is 1.36. The van der Waals surface area contributed by atoms with Crippen molar-refractivity contribution in [3.63, 3.8) is 0 Å². The van der Waals surface area contributed by atoms with E-state index in [4.69, 9.17) is 0 Å². The molecule has 0 saturated heterocycles. The van der Waals surface area contributed by atoms with E-state index in [9.17, 15) is 0 Å². The second-order valence-corrected chi connectivity index (χ2v) is 12.2. The number of rotatable bonds is 4. The Morgan fingerprint density at radius 2 is 1.32 bits per heavy atom. The predicted octanol–water partition coefficient (Wildman–Crippen LogP) is 12.8. The molecule has 1 atom stereocenters. The minimum absolute atomic E-state index is 0. The van der Waals surface area contributed by atoms with E-state index < -0.39 is 0 Å². The molecule has 0 saturated carbocycles. The third kappa shape index (κ3) is 8.93. The average Bonchev–Trinajstić information content (AvgIpc) is 3.77. The van der Waals surface area contributed by atoms with Gasteiger partial charge in [-0.15, -0.1) is 82.7 Å². The van der Waals surface area contributed by atoms with Crippen molar-refractivity contribution in [1.82, 2.24) is 0 Å². The molecule has 1 aliphatic carbocycles. The summed E-state index contributed by atoms with van der Waals surface area (Å²) in [6, 6.07) is 46.0. The molecule has 6 aromatic rings. The predicted molar refractivity (Wildman–Crippen MR) is 222 cm³/mol. The molecule has 1 aliphatic heterocycles. The fourth-order valence-corrected chi connectivity index (χ4v) is 6.55. The SMILES string of the molecule is CC(C)C1=[C-]C2=CC(C)N(c3cccc4ccccc34)C2=C1.Cc1cc2c(-c3ccccc3)cc(-c3ccccc3)cc2[cH-]1.Cl.Cl.[CH3-].[CH3-].[Si]=[Zr]. The Kier molecular flexibility index (Phi) is 16.6. The van der Waals surface area contributed by atoms with Crippen LogP contribution in [0.5, 0.6) is 0 Å². The molecule has 0 N–H and O–H groups in total. The Hall–Kier alpha value is -3.33. The Balaban J connectivity index is 0.000000307.